The minimum atomic E-state index is -0.388. The minimum Gasteiger partial charge on any atom is -0.398 e. The normalized spacial score (nSPS) is 15.3. The summed E-state index contributed by atoms with van der Waals surface area (Å²) < 4.78 is 13.6. The Bertz CT molecular complexity index is 510. The average molecular weight is 218 g/mol. The molecule has 0 spiro atoms. The van der Waals surface area contributed by atoms with Gasteiger partial charge in [0.25, 0.3) is 0 Å². The van der Waals surface area contributed by atoms with Crippen molar-refractivity contribution >= 4 is 5.69 Å². The number of nitrogens with zero attached hydrogens (tertiary/aromatic N) is 2. The topological polar surface area (TPSA) is 67.6 Å². The Balaban J connectivity index is 2.06. The summed E-state index contributed by atoms with van der Waals surface area (Å²) in [6.07, 6.45) is 2.25. The van der Waals surface area contributed by atoms with Crippen LogP contribution in [0.2, 0.25) is 0 Å². The summed E-state index contributed by atoms with van der Waals surface area (Å²) in [7, 11) is 0. The second-order valence-electron chi connectivity index (χ2n) is 4.02. The van der Waals surface area contributed by atoms with Gasteiger partial charge < -0.3 is 5.73 Å². The maximum Gasteiger partial charge on any atom is 0.186 e. The van der Waals surface area contributed by atoms with Crippen LogP contribution in [0.25, 0.3) is 11.4 Å². The van der Waals surface area contributed by atoms with Gasteiger partial charge in [0.05, 0.1) is 5.56 Å². The van der Waals surface area contributed by atoms with Crippen molar-refractivity contribution < 1.29 is 4.39 Å². The largest absolute Gasteiger partial charge is 0.398 e. The first-order valence-corrected chi connectivity index (χ1v) is 5.22. The highest BCUT2D eigenvalue weighted by Gasteiger charge is 2.27. The van der Waals surface area contributed by atoms with Crippen LogP contribution < -0.4 is 5.73 Å². The molecule has 16 heavy (non-hydrogen) atoms. The fourth-order valence-corrected chi connectivity index (χ4v) is 1.70. The second-order valence-corrected chi connectivity index (χ2v) is 4.02. The van der Waals surface area contributed by atoms with Crippen LogP contribution in [0.4, 0.5) is 10.1 Å². The van der Waals surface area contributed by atoms with E-state index in [4.69, 9.17) is 5.73 Å². The maximum absolute atomic E-state index is 13.6. The summed E-state index contributed by atoms with van der Waals surface area (Å²) in [6, 6.07) is 4.58. The molecule has 1 heterocycles. The molecule has 0 amide bonds. The molecular formula is C11H11FN4. The number of aromatic amines is 1. The van der Waals surface area contributed by atoms with Gasteiger partial charge in [0.1, 0.15) is 11.6 Å². The lowest BCUT2D eigenvalue weighted by Crippen LogP contribution is -1.94. The van der Waals surface area contributed by atoms with Crippen molar-refractivity contribution in [2.45, 2.75) is 18.8 Å². The third kappa shape index (κ3) is 1.44. The van der Waals surface area contributed by atoms with E-state index in [0.29, 0.717) is 17.4 Å². The second kappa shape index (κ2) is 3.30. The molecule has 1 saturated carbocycles. The molecule has 1 fully saturated rings. The van der Waals surface area contributed by atoms with Crippen LogP contribution in [0.5, 0.6) is 0 Å². The lowest BCUT2D eigenvalue weighted by atomic mass is 10.1. The highest BCUT2D eigenvalue weighted by molar-refractivity contribution is 5.71. The highest BCUT2D eigenvalue weighted by Crippen LogP contribution is 2.38. The zero-order chi connectivity index (χ0) is 11.1. The number of aromatic nitrogens is 3. The van der Waals surface area contributed by atoms with Crippen molar-refractivity contribution in [3.8, 4) is 11.4 Å². The van der Waals surface area contributed by atoms with E-state index >= 15 is 0 Å². The molecule has 3 rings (SSSR count). The number of halogens is 1. The molecule has 1 aliphatic carbocycles. The van der Waals surface area contributed by atoms with E-state index in [1.165, 1.54) is 6.07 Å². The van der Waals surface area contributed by atoms with Gasteiger partial charge in [-0.1, -0.05) is 6.07 Å². The average Bonchev–Trinajstić information content (AvgIpc) is 2.99. The Morgan fingerprint density at radius 2 is 2.19 bits per heavy atom. The number of nitrogen functional groups attached to an aromatic ring is 1. The van der Waals surface area contributed by atoms with Gasteiger partial charge in [-0.25, -0.2) is 9.37 Å². The molecule has 0 aliphatic heterocycles. The van der Waals surface area contributed by atoms with Gasteiger partial charge in [-0.05, 0) is 25.0 Å². The van der Waals surface area contributed by atoms with Gasteiger partial charge in [0.2, 0.25) is 0 Å². The van der Waals surface area contributed by atoms with Gasteiger partial charge in [-0.2, -0.15) is 5.10 Å². The molecule has 1 aliphatic rings. The molecule has 0 atom stereocenters. The standard InChI is InChI=1S/C11H11FN4/c12-7-2-1-3-8(13)9(7)11-14-10(15-16-11)6-4-5-6/h1-3,6H,4-5,13H2,(H,14,15,16). The van der Waals surface area contributed by atoms with Crippen molar-refractivity contribution in [3.63, 3.8) is 0 Å². The van der Waals surface area contributed by atoms with Crippen LogP contribution in [0.1, 0.15) is 24.6 Å². The minimum absolute atomic E-state index is 0.283. The molecule has 1 aromatic heterocycles. The molecule has 0 radical (unpaired) electrons. The smallest absolute Gasteiger partial charge is 0.186 e. The predicted molar refractivity (Wildman–Crippen MR) is 58.2 cm³/mol. The fourth-order valence-electron chi connectivity index (χ4n) is 1.70. The Morgan fingerprint density at radius 3 is 2.88 bits per heavy atom. The first-order chi connectivity index (χ1) is 7.75. The zero-order valence-corrected chi connectivity index (χ0v) is 8.57. The van der Waals surface area contributed by atoms with Crippen LogP contribution >= 0.6 is 0 Å². The van der Waals surface area contributed by atoms with Gasteiger partial charge in [-0.15, -0.1) is 0 Å². The number of nitrogens with two attached hydrogens (primary N) is 1. The number of anilines is 1. The first kappa shape index (κ1) is 9.33. The predicted octanol–water partition coefficient (Wildman–Crippen LogP) is 2.07. The summed E-state index contributed by atoms with van der Waals surface area (Å²) in [5.41, 5.74) is 6.37. The summed E-state index contributed by atoms with van der Waals surface area (Å²) in [5, 5.41) is 6.85. The van der Waals surface area contributed by atoms with Crippen LogP contribution in [-0.4, -0.2) is 15.2 Å². The fraction of sp³-hybridized carbons (Fsp3) is 0.273. The number of benzene rings is 1. The Labute approximate surface area is 91.7 Å². The monoisotopic (exact) mass is 218 g/mol. The highest BCUT2D eigenvalue weighted by atomic mass is 19.1. The van der Waals surface area contributed by atoms with Crippen molar-refractivity contribution in [1.29, 1.82) is 0 Å². The van der Waals surface area contributed by atoms with Crippen molar-refractivity contribution in [2.75, 3.05) is 5.73 Å². The number of hydrogen-bond donors (Lipinski definition) is 2. The van der Waals surface area contributed by atoms with Crippen molar-refractivity contribution in [3.05, 3.63) is 29.8 Å². The Kier molecular flexibility index (Phi) is 1.92. The van der Waals surface area contributed by atoms with E-state index in [0.717, 1.165) is 18.7 Å². The Hall–Kier alpha value is -1.91. The van der Waals surface area contributed by atoms with Crippen LogP contribution in [0.3, 0.4) is 0 Å². The van der Waals surface area contributed by atoms with E-state index < -0.39 is 0 Å². The number of rotatable bonds is 2. The van der Waals surface area contributed by atoms with Crippen LogP contribution in [-0.2, 0) is 0 Å². The van der Waals surface area contributed by atoms with Crippen LogP contribution in [0, 0.1) is 5.82 Å². The summed E-state index contributed by atoms with van der Waals surface area (Å²) >= 11 is 0. The molecule has 2 aromatic rings. The van der Waals surface area contributed by atoms with Gasteiger partial charge in [0, 0.05) is 11.6 Å². The quantitative estimate of drug-likeness (QED) is 0.758. The third-order valence-corrected chi connectivity index (χ3v) is 2.74. The molecule has 0 unspecified atom stereocenters. The first-order valence-electron chi connectivity index (χ1n) is 5.22. The summed E-state index contributed by atoms with van der Waals surface area (Å²) in [4.78, 5) is 4.28. The number of H-pyrrole nitrogens is 1. The molecule has 3 N–H and O–H groups in total. The van der Waals surface area contributed by atoms with Crippen LogP contribution in [0.15, 0.2) is 18.2 Å². The molecule has 0 saturated heterocycles. The maximum atomic E-state index is 13.6. The zero-order valence-electron chi connectivity index (χ0n) is 8.57. The molecular weight excluding hydrogens is 207 g/mol. The number of nitrogens with one attached hydrogen (secondary N) is 1. The van der Waals surface area contributed by atoms with Crippen molar-refractivity contribution in [2.24, 2.45) is 0 Å². The molecule has 5 heteroatoms. The number of hydrogen-bond acceptors (Lipinski definition) is 3. The van der Waals surface area contributed by atoms with E-state index in [1.807, 2.05) is 0 Å². The lowest BCUT2D eigenvalue weighted by molar-refractivity contribution is 0.630. The van der Waals surface area contributed by atoms with Gasteiger partial charge in [0.15, 0.2) is 5.82 Å². The Morgan fingerprint density at radius 1 is 1.38 bits per heavy atom. The van der Waals surface area contributed by atoms with E-state index in [9.17, 15) is 4.39 Å². The van der Waals surface area contributed by atoms with E-state index in [1.54, 1.807) is 12.1 Å². The summed E-state index contributed by atoms with van der Waals surface area (Å²) in [6.45, 7) is 0. The van der Waals surface area contributed by atoms with Gasteiger partial charge >= 0.3 is 0 Å². The lowest BCUT2D eigenvalue weighted by Gasteiger charge is -2.01. The SMILES string of the molecule is Nc1cccc(F)c1-c1n[nH]c(C2CC2)n1. The summed E-state index contributed by atoms with van der Waals surface area (Å²) in [5.74, 6) is 1.26. The third-order valence-electron chi connectivity index (χ3n) is 2.74. The molecule has 1 aromatic carbocycles. The molecule has 4 nitrogen and oxygen atoms in total. The van der Waals surface area contributed by atoms with Crippen molar-refractivity contribution in [1.82, 2.24) is 15.2 Å². The van der Waals surface area contributed by atoms with E-state index in [2.05, 4.69) is 15.2 Å². The molecule has 82 valence electrons. The van der Waals surface area contributed by atoms with Gasteiger partial charge in [-0.3, -0.25) is 5.10 Å². The molecule has 0 bridgehead atoms. The van der Waals surface area contributed by atoms with E-state index in [-0.39, 0.29) is 11.4 Å².